The van der Waals surface area contributed by atoms with E-state index in [9.17, 15) is 9.00 Å². The second kappa shape index (κ2) is 12.6. The molecule has 3 N–H and O–H groups in total. The number of carboxylic acid groups (broad SMARTS) is 1. The van der Waals surface area contributed by atoms with Crippen molar-refractivity contribution in [3.8, 4) is 5.75 Å². The van der Waals surface area contributed by atoms with Gasteiger partial charge in [-0.25, -0.2) is 19.7 Å². The molecule has 1 saturated heterocycles. The Morgan fingerprint density at radius 3 is 2.49 bits per heavy atom. The first-order valence-electron chi connectivity index (χ1n) is 14.3. The van der Waals surface area contributed by atoms with Crippen molar-refractivity contribution in [3.63, 3.8) is 0 Å². The summed E-state index contributed by atoms with van der Waals surface area (Å²) in [5, 5.41) is 20.5. The number of benzene rings is 1. The summed E-state index contributed by atoms with van der Waals surface area (Å²) in [4.78, 5) is 29.5. The number of piperazine rings is 1. The summed E-state index contributed by atoms with van der Waals surface area (Å²) < 4.78 is 19.4. The third kappa shape index (κ3) is 6.94. The summed E-state index contributed by atoms with van der Waals surface area (Å²) in [6.45, 7) is 14.5. The van der Waals surface area contributed by atoms with E-state index in [1.165, 1.54) is 12.5 Å². The standard InChI is InChI=1S/C30H38N8O4S/c1-19-20(2)35-36-27(19)34-28-22-15-25(43(41)30(3,4)5)24(16-23(22)32-18-33-28)42-14-6-9-37-10-12-38(13-11-37)26-8-7-21(17-31-26)29(39)40/h7-8,15-18H,6,9-14H2,1-5H3,(H,39,40)(H2,32,33,34,35,36). The average molecular weight is 607 g/mol. The summed E-state index contributed by atoms with van der Waals surface area (Å²) in [6, 6.07) is 7.08. The Kier molecular flexibility index (Phi) is 8.92. The lowest BCUT2D eigenvalue weighted by atomic mass is 10.2. The molecule has 4 heterocycles. The molecule has 5 rings (SSSR count). The van der Waals surface area contributed by atoms with E-state index in [0.717, 1.165) is 61.6 Å². The number of ether oxygens (including phenoxy) is 1. The monoisotopic (exact) mass is 606 g/mol. The van der Waals surface area contributed by atoms with Crippen LogP contribution in [0.3, 0.4) is 0 Å². The van der Waals surface area contributed by atoms with Gasteiger partial charge in [-0.3, -0.25) is 14.2 Å². The Labute approximate surface area is 253 Å². The van der Waals surface area contributed by atoms with Crippen LogP contribution in [0.5, 0.6) is 5.75 Å². The fourth-order valence-corrected chi connectivity index (χ4v) is 6.03. The van der Waals surface area contributed by atoms with E-state index >= 15 is 0 Å². The molecule has 0 saturated carbocycles. The molecular formula is C30H38N8O4S. The lowest BCUT2D eigenvalue weighted by Gasteiger charge is -2.35. The second-order valence-electron chi connectivity index (χ2n) is 11.6. The number of carboxylic acids is 1. The van der Waals surface area contributed by atoms with Crippen LogP contribution < -0.4 is 15.0 Å². The number of fused-ring (bicyclic) bond motifs is 1. The van der Waals surface area contributed by atoms with Gasteiger partial charge in [0.25, 0.3) is 0 Å². The molecule has 43 heavy (non-hydrogen) atoms. The fraction of sp³-hybridized carbons (Fsp3) is 0.433. The number of aryl methyl sites for hydroxylation is 1. The van der Waals surface area contributed by atoms with Gasteiger partial charge in [-0.15, -0.1) is 0 Å². The Hall–Kier alpha value is -4.10. The van der Waals surface area contributed by atoms with Crippen molar-refractivity contribution in [2.75, 3.05) is 49.5 Å². The molecule has 0 amide bonds. The first-order chi connectivity index (χ1) is 20.5. The summed E-state index contributed by atoms with van der Waals surface area (Å²) in [5.41, 5.74) is 2.84. The fourth-order valence-electron chi connectivity index (χ4n) is 4.84. The predicted octanol–water partition coefficient (Wildman–Crippen LogP) is 4.30. The first kappa shape index (κ1) is 30.4. The molecule has 12 nitrogen and oxygen atoms in total. The Morgan fingerprint density at radius 2 is 1.86 bits per heavy atom. The highest BCUT2D eigenvalue weighted by molar-refractivity contribution is 7.86. The van der Waals surface area contributed by atoms with Gasteiger partial charge in [0, 0.05) is 66.4 Å². The van der Waals surface area contributed by atoms with Crippen LogP contribution in [0.4, 0.5) is 17.5 Å². The van der Waals surface area contributed by atoms with Crippen LogP contribution in [0.2, 0.25) is 0 Å². The number of aromatic amines is 1. The summed E-state index contributed by atoms with van der Waals surface area (Å²) >= 11 is 0. The second-order valence-corrected chi connectivity index (χ2v) is 13.8. The maximum Gasteiger partial charge on any atom is 0.337 e. The number of aromatic nitrogens is 5. The molecule has 1 fully saturated rings. The van der Waals surface area contributed by atoms with E-state index < -0.39 is 21.5 Å². The smallest absolute Gasteiger partial charge is 0.337 e. The summed E-state index contributed by atoms with van der Waals surface area (Å²) in [6.07, 6.45) is 3.71. The minimum absolute atomic E-state index is 0.187. The van der Waals surface area contributed by atoms with Crippen molar-refractivity contribution in [1.29, 1.82) is 0 Å². The molecule has 228 valence electrons. The maximum atomic E-state index is 13.6. The van der Waals surface area contributed by atoms with Gasteiger partial charge in [0.15, 0.2) is 5.82 Å². The number of aromatic carboxylic acids is 1. The van der Waals surface area contributed by atoms with E-state index in [0.29, 0.717) is 34.4 Å². The largest absolute Gasteiger partial charge is 0.492 e. The molecule has 13 heteroatoms. The number of hydrogen-bond acceptors (Lipinski definition) is 10. The van der Waals surface area contributed by atoms with Gasteiger partial charge in [-0.2, -0.15) is 5.10 Å². The average Bonchev–Trinajstić information content (AvgIpc) is 3.31. The van der Waals surface area contributed by atoms with Gasteiger partial charge in [0.05, 0.1) is 33.4 Å². The van der Waals surface area contributed by atoms with Crippen LogP contribution in [0.1, 0.15) is 48.8 Å². The lowest BCUT2D eigenvalue weighted by molar-refractivity contribution is 0.0696. The minimum Gasteiger partial charge on any atom is -0.492 e. The molecule has 0 spiro atoms. The van der Waals surface area contributed by atoms with Crippen molar-refractivity contribution in [2.24, 2.45) is 0 Å². The third-order valence-electron chi connectivity index (χ3n) is 7.51. The molecule has 0 bridgehead atoms. The number of pyridine rings is 1. The van der Waals surface area contributed by atoms with Crippen LogP contribution in [0.25, 0.3) is 10.9 Å². The zero-order valence-electron chi connectivity index (χ0n) is 25.2. The van der Waals surface area contributed by atoms with Gasteiger partial charge in [0.2, 0.25) is 0 Å². The van der Waals surface area contributed by atoms with Crippen LogP contribution in [0, 0.1) is 13.8 Å². The summed E-state index contributed by atoms with van der Waals surface area (Å²) in [5.74, 6) is 1.66. The number of rotatable bonds is 10. The molecular weight excluding hydrogens is 568 g/mol. The quantitative estimate of drug-likeness (QED) is 0.222. The van der Waals surface area contributed by atoms with Crippen molar-refractivity contribution < 1.29 is 18.8 Å². The SMILES string of the molecule is Cc1[nH]nc(Nc2ncnc3cc(OCCCN4CCN(c5ccc(C(=O)O)cn5)CC4)c(S(=O)C(C)(C)C)cc23)c1C. The third-order valence-corrected chi connectivity index (χ3v) is 9.34. The zero-order valence-corrected chi connectivity index (χ0v) is 26.0. The number of nitrogens with one attached hydrogen (secondary N) is 2. The highest BCUT2D eigenvalue weighted by Crippen LogP contribution is 2.35. The summed E-state index contributed by atoms with van der Waals surface area (Å²) in [7, 11) is -1.34. The highest BCUT2D eigenvalue weighted by atomic mass is 32.2. The minimum atomic E-state index is -1.34. The molecule has 1 aliphatic rings. The molecule has 1 unspecified atom stereocenters. The van der Waals surface area contributed by atoms with E-state index in [2.05, 4.69) is 40.3 Å². The van der Waals surface area contributed by atoms with E-state index in [-0.39, 0.29) is 5.56 Å². The first-order valence-corrected chi connectivity index (χ1v) is 15.4. The van der Waals surface area contributed by atoms with Crippen molar-refractivity contribution >= 4 is 45.1 Å². The van der Waals surface area contributed by atoms with Gasteiger partial charge in [0.1, 0.15) is 23.7 Å². The van der Waals surface area contributed by atoms with Crippen molar-refractivity contribution in [2.45, 2.75) is 50.7 Å². The Bertz CT molecular complexity index is 1630. The number of carbonyl (C=O) groups is 1. The van der Waals surface area contributed by atoms with Gasteiger partial charge >= 0.3 is 5.97 Å². The maximum absolute atomic E-state index is 13.6. The molecule has 0 radical (unpaired) electrons. The number of H-pyrrole nitrogens is 1. The van der Waals surface area contributed by atoms with E-state index in [1.54, 1.807) is 12.1 Å². The van der Waals surface area contributed by atoms with Crippen molar-refractivity contribution in [3.05, 3.63) is 53.6 Å². The molecule has 0 aliphatic carbocycles. The lowest BCUT2D eigenvalue weighted by Crippen LogP contribution is -2.47. The van der Waals surface area contributed by atoms with E-state index in [4.69, 9.17) is 9.84 Å². The van der Waals surface area contributed by atoms with Crippen LogP contribution >= 0.6 is 0 Å². The van der Waals surface area contributed by atoms with Crippen LogP contribution in [-0.2, 0) is 10.8 Å². The molecule has 4 aromatic rings. The highest BCUT2D eigenvalue weighted by Gasteiger charge is 2.26. The van der Waals surface area contributed by atoms with Crippen molar-refractivity contribution in [1.82, 2.24) is 30.0 Å². The van der Waals surface area contributed by atoms with E-state index in [1.807, 2.05) is 46.8 Å². The molecule has 1 aromatic carbocycles. The zero-order chi connectivity index (χ0) is 30.7. The normalized spacial score (nSPS) is 15.0. The Morgan fingerprint density at radius 1 is 1.09 bits per heavy atom. The van der Waals surface area contributed by atoms with Crippen LogP contribution in [-0.4, -0.2) is 89.4 Å². The Balaban J connectivity index is 1.24. The molecule has 3 aromatic heterocycles. The number of nitrogens with zero attached hydrogens (tertiary/aromatic N) is 6. The number of hydrogen-bond donors (Lipinski definition) is 3. The van der Waals surface area contributed by atoms with Gasteiger partial charge < -0.3 is 20.1 Å². The predicted molar refractivity (Wildman–Crippen MR) is 167 cm³/mol. The van der Waals surface area contributed by atoms with Gasteiger partial charge in [-0.05, 0) is 59.2 Å². The van der Waals surface area contributed by atoms with Crippen LogP contribution in [0.15, 0.2) is 41.7 Å². The van der Waals surface area contributed by atoms with Gasteiger partial charge in [-0.1, -0.05) is 0 Å². The molecule has 1 aliphatic heterocycles. The topological polar surface area (TPSA) is 149 Å². The number of anilines is 3. The molecule has 1 atom stereocenters.